The van der Waals surface area contributed by atoms with E-state index in [1.54, 1.807) is 6.20 Å². The SMILES string of the molecule is N#C/C(=C/Nc1cccc2ccccc12)c1nc(-c2ccc3c(c2)OCO3)cs1. The molecule has 1 aromatic heterocycles. The fourth-order valence-corrected chi connectivity index (χ4v) is 4.02. The minimum absolute atomic E-state index is 0.238. The Bertz CT molecular complexity index is 1280. The van der Waals surface area contributed by atoms with Crippen LogP contribution in [0.1, 0.15) is 5.01 Å². The van der Waals surface area contributed by atoms with Gasteiger partial charge < -0.3 is 14.8 Å². The van der Waals surface area contributed by atoms with E-state index in [1.165, 1.54) is 11.3 Å². The van der Waals surface area contributed by atoms with Crippen LogP contribution in [0.4, 0.5) is 5.69 Å². The number of hydrogen-bond acceptors (Lipinski definition) is 6. The van der Waals surface area contributed by atoms with Gasteiger partial charge in [-0.3, -0.25) is 0 Å². The molecule has 29 heavy (non-hydrogen) atoms. The lowest BCUT2D eigenvalue weighted by atomic mass is 10.1. The first-order valence-electron chi connectivity index (χ1n) is 9.02. The van der Waals surface area contributed by atoms with Gasteiger partial charge in [-0.05, 0) is 29.7 Å². The molecule has 0 radical (unpaired) electrons. The lowest BCUT2D eigenvalue weighted by Gasteiger charge is -2.06. The summed E-state index contributed by atoms with van der Waals surface area (Å²) < 4.78 is 10.8. The maximum Gasteiger partial charge on any atom is 0.231 e. The summed E-state index contributed by atoms with van der Waals surface area (Å²) in [6, 6.07) is 22.1. The zero-order valence-electron chi connectivity index (χ0n) is 15.3. The minimum Gasteiger partial charge on any atom is -0.454 e. The largest absolute Gasteiger partial charge is 0.454 e. The van der Waals surface area contributed by atoms with Gasteiger partial charge in [0.15, 0.2) is 11.5 Å². The van der Waals surface area contributed by atoms with Gasteiger partial charge in [0.05, 0.1) is 5.69 Å². The van der Waals surface area contributed by atoms with Crippen molar-refractivity contribution in [1.82, 2.24) is 4.98 Å². The summed E-state index contributed by atoms with van der Waals surface area (Å²) in [7, 11) is 0. The molecule has 5 rings (SSSR count). The Hall–Kier alpha value is -3.82. The van der Waals surface area contributed by atoms with Crippen LogP contribution in [0, 0.1) is 11.3 Å². The first-order chi connectivity index (χ1) is 14.3. The molecule has 5 nitrogen and oxygen atoms in total. The molecule has 0 spiro atoms. The zero-order valence-corrected chi connectivity index (χ0v) is 16.1. The molecule has 6 heteroatoms. The van der Waals surface area contributed by atoms with Crippen LogP contribution in [0.15, 0.2) is 72.2 Å². The molecule has 2 heterocycles. The summed E-state index contributed by atoms with van der Waals surface area (Å²) in [6.45, 7) is 0.238. The van der Waals surface area contributed by atoms with Crippen molar-refractivity contribution in [2.75, 3.05) is 12.1 Å². The standard InChI is InChI=1S/C23H15N3O2S/c24-11-17(12-25-19-7-3-5-15-4-1-2-6-18(15)19)23-26-20(13-29-23)16-8-9-21-22(10-16)28-14-27-21/h1-10,12-13,25H,14H2/b17-12-. The molecule has 3 aromatic carbocycles. The zero-order chi connectivity index (χ0) is 19.6. The fraction of sp³-hybridized carbons (Fsp3) is 0.0435. The van der Waals surface area contributed by atoms with E-state index in [4.69, 9.17) is 9.47 Å². The van der Waals surface area contributed by atoms with Gasteiger partial charge in [-0.25, -0.2) is 4.98 Å². The van der Waals surface area contributed by atoms with Gasteiger partial charge >= 0.3 is 0 Å². The lowest BCUT2D eigenvalue weighted by Crippen LogP contribution is -1.92. The Labute approximate surface area is 171 Å². The lowest BCUT2D eigenvalue weighted by molar-refractivity contribution is 0.174. The minimum atomic E-state index is 0.238. The van der Waals surface area contributed by atoms with E-state index in [9.17, 15) is 5.26 Å². The number of hydrogen-bond donors (Lipinski definition) is 1. The Morgan fingerprint density at radius 2 is 1.93 bits per heavy atom. The molecule has 0 amide bonds. The molecular weight excluding hydrogens is 382 g/mol. The summed E-state index contributed by atoms with van der Waals surface area (Å²) in [6.07, 6.45) is 1.71. The van der Waals surface area contributed by atoms with Crippen LogP contribution in [0.25, 0.3) is 27.6 Å². The monoisotopic (exact) mass is 397 g/mol. The molecule has 4 aromatic rings. The number of nitriles is 1. The molecular formula is C23H15N3O2S. The quantitative estimate of drug-likeness (QED) is 0.450. The van der Waals surface area contributed by atoms with Crippen molar-refractivity contribution >= 4 is 33.4 Å². The third-order valence-electron chi connectivity index (χ3n) is 4.69. The predicted octanol–water partition coefficient (Wildman–Crippen LogP) is 5.67. The molecule has 0 atom stereocenters. The third-order valence-corrected chi connectivity index (χ3v) is 5.56. The predicted molar refractivity (Wildman–Crippen MR) is 115 cm³/mol. The number of allylic oxidation sites excluding steroid dienone is 1. The van der Waals surface area contributed by atoms with Crippen molar-refractivity contribution in [2.24, 2.45) is 0 Å². The highest BCUT2D eigenvalue weighted by atomic mass is 32.1. The van der Waals surface area contributed by atoms with Crippen molar-refractivity contribution in [2.45, 2.75) is 0 Å². The second kappa shape index (κ2) is 7.30. The Morgan fingerprint density at radius 1 is 1.07 bits per heavy atom. The van der Waals surface area contributed by atoms with Gasteiger partial charge in [0.25, 0.3) is 0 Å². The van der Waals surface area contributed by atoms with Gasteiger partial charge in [0.1, 0.15) is 16.6 Å². The van der Waals surface area contributed by atoms with E-state index in [0.717, 1.165) is 33.5 Å². The van der Waals surface area contributed by atoms with Gasteiger partial charge in [0.2, 0.25) is 6.79 Å². The number of fused-ring (bicyclic) bond motifs is 2. The molecule has 0 unspecified atom stereocenters. The maximum atomic E-state index is 9.65. The van der Waals surface area contributed by atoms with E-state index >= 15 is 0 Å². The van der Waals surface area contributed by atoms with Crippen molar-refractivity contribution in [3.05, 3.63) is 77.3 Å². The van der Waals surface area contributed by atoms with Crippen LogP contribution < -0.4 is 14.8 Å². The van der Waals surface area contributed by atoms with Gasteiger partial charge in [0, 0.05) is 28.2 Å². The van der Waals surface area contributed by atoms with Crippen LogP contribution in [0.3, 0.4) is 0 Å². The second-order valence-electron chi connectivity index (χ2n) is 6.45. The second-order valence-corrected chi connectivity index (χ2v) is 7.30. The number of nitrogens with one attached hydrogen (secondary N) is 1. The molecule has 1 aliphatic heterocycles. The van der Waals surface area contributed by atoms with Crippen LogP contribution in [0.5, 0.6) is 11.5 Å². The van der Waals surface area contributed by atoms with E-state index in [-0.39, 0.29) is 6.79 Å². The molecule has 0 saturated heterocycles. The van der Waals surface area contributed by atoms with Gasteiger partial charge in [-0.2, -0.15) is 5.26 Å². The smallest absolute Gasteiger partial charge is 0.231 e. The fourth-order valence-electron chi connectivity index (χ4n) is 3.23. The first kappa shape index (κ1) is 17.3. The van der Waals surface area contributed by atoms with Crippen molar-refractivity contribution in [3.8, 4) is 28.8 Å². The normalized spacial score (nSPS) is 12.7. The summed E-state index contributed by atoms with van der Waals surface area (Å²) in [5.41, 5.74) is 3.16. The number of ether oxygens (including phenoxy) is 2. The topological polar surface area (TPSA) is 67.2 Å². The third kappa shape index (κ3) is 3.28. The first-order valence-corrected chi connectivity index (χ1v) is 9.90. The van der Waals surface area contributed by atoms with Crippen molar-refractivity contribution < 1.29 is 9.47 Å². The summed E-state index contributed by atoms with van der Waals surface area (Å²) >= 11 is 1.44. The molecule has 0 aliphatic carbocycles. The van der Waals surface area contributed by atoms with Gasteiger partial charge in [-0.15, -0.1) is 11.3 Å². The van der Waals surface area contributed by atoms with Crippen LogP contribution >= 0.6 is 11.3 Å². The molecule has 0 saturated carbocycles. The number of benzene rings is 3. The number of nitrogens with zero attached hydrogens (tertiary/aromatic N) is 2. The number of rotatable bonds is 4. The van der Waals surface area contributed by atoms with Crippen LogP contribution in [-0.4, -0.2) is 11.8 Å². The summed E-state index contributed by atoms with van der Waals surface area (Å²) in [4.78, 5) is 4.64. The van der Waals surface area contributed by atoms with Crippen LogP contribution in [-0.2, 0) is 0 Å². The molecule has 140 valence electrons. The van der Waals surface area contributed by atoms with Gasteiger partial charge in [-0.1, -0.05) is 36.4 Å². The van der Waals surface area contributed by atoms with Crippen molar-refractivity contribution in [3.63, 3.8) is 0 Å². The number of thiazole rings is 1. The average Bonchev–Trinajstić information content (AvgIpc) is 3.43. The van der Waals surface area contributed by atoms with E-state index in [1.807, 2.05) is 47.8 Å². The number of anilines is 1. The summed E-state index contributed by atoms with van der Waals surface area (Å²) in [5.74, 6) is 1.45. The molecule has 0 bridgehead atoms. The van der Waals surface area contributed by atoms with E-state index in [0.29, 0.717) is 16.3 Å². The molecule has 0 fully saturated rings. The summed E-state index contributed by atoms with van der Waals surface area (Å²) in [5, 5.41) is 17.8. The highest BCUT2D eigenvalue weighted by Gasteiger charge is 2.16. The molecule has 1 N–H and O–H groups in total. The van der Waals surface area contributed by atoms with Crippen molar-refractivity contribution in [1.29, 1.82) is 5.26 Å². The Kier molecular flexibility index (Phi) is 4.35. The van der Waals surface area contributed by atoms with E-state index in [2.05, 4.69) is 34.6 Å². The highest BCUT2D eigenvalue weighted by molar-refractivity contribution is 7.11. The number of aromatic nitrogens is 1. The Balaban J connectivity index is 1.43. The van der Waals surface area contributed by atoms with E-state index < -0.39 is 0 Å². The Morgan fingerprint density at radius 3 is 2.86 bits per heavy atom. The van der Waals surface area contributed by atoms with Crippen LogP contribution in [0.2, 0.25) is 0 Å². The highest BCUT2D eigenvalue weighted by Crippen LogP contribution is 2.36. The maximum absolute atomic E-state index is 9.65. The average molecular weight is 397 g/mol. The molecule has 1 aliphatic rings.